The van der Waals surface area contributed by atoms with Crippen LogP contribution in [0.25, 0.3) is 22.5 Å². The summed E-state index contributed by atoms with van der Waals surface area (Å²) in [5, 5.41) is 20.7. The molecule has 0 spiro atoms. The summed E-state index contributed by atoms with van der Waals surface area (Å²) < 4.78 is 79.9. The highest BCUT2D eigenvalue weighted by molar-refractivity contribution is 7.94. The molecule has 4 aromatic carbocycles. The number of sulfone groups is 1. The van der Waals surface area contributed by atoms with Gasteiger partial charge in [0.2, 0.25) is 10.0 Å². The van der Waals surface area contributed by atoms with Crippen molar-refractivity contribution in [3.05, 3.63) is 119 Å². The summed E-state index contributed by atoms with van der Waals surface area (Å²) in [6, 6.07) is 25.5. The van der Waals surface area contributed by atoms with E-state index in [4.69, 9.17) is 25.7 Å². The molecule has 0 atom stereocenters. The van der Waals surface area contributed by atoms with E-state index in [0.29, 0.717) is 33.9 Å². The molecule has 62 heavy (non-hydrogen) atoms. The van der Waals surface area contributed by atoms with Crippen LogP contribution in [-0.2, 0) is 39.5 Å². The Kier molecular flexibility index (Phi) is 12.1. The van der Waals surface area contributed by atoms with Gasteiger partial charge in [-0.25, -0.2) is 31.3 Å². The minimum Gasteiger partial charge on any atom is -0.497 e. The van der Waals surface area contributed by atoms with E-state index in [-0.39, 0.29) is 53.7 Å². The van der Waals surface area contributed by atoms with E-state index < -0.39 is 60.0 Å². The number of amides is 2. The number of likely N-dealkylation sites (tertiary alicyclic amines) is 1. The molecule has 2 aromatic heterocycles. The van der Waals surface area contributed by atoms with Crippen molar-refractivity contribution in [3.8, 4) is 39.8 Å². The average Bonchev–Trinajstić information content (AvgIpc) is 3.70. The number of hydrogen-bond acceptors (Lipinski definition) is 14. The molecule has 3 heterocycles. The molecule has 1 aliphatic rings. The second kappa shape index (κ2) is 17.5. The number of carbonyl (C=O) groups excluding carboxylic acids is 1. The third-order valence-corrected chi connectivity index (χ3v) is 14.5. The van der Waals surface area contributed by atoms with Gasteiger partial charge in [-0.3, -0.25) is 4.79 Å². The highest BCUT2D eigenvalue weighted by Crippen LogP contribution is 2.44. The van der Waals surface area contributed by atoms with E-state index in [1.807, 2.05) is 0 Å². The number of sulfonamides is 1. The Morgan fingerprint density at radius 1 is 0.758 bits per heavy atom. The number of primary amides is 1. The zero-order valence-electron chi connectivity index (χ0n) is 33.6. The Hall–Kier alpha value is -7.10. The fourth-order valence-electron chi connectivity index (χ4n) is 6.92. The Morgan fingerprint density at radius 2 is 1.27 bits per heavy atom. The molecule has 5 N–H and O–H groups in total. The van der Waals surface area contributed by atoms with Gasteiger partial charge in [-0.1, -0.05) is 42.5 Å². The molecule has 322 valence electrons. The van der Waals surface area contributed by atoms with Gasteiger partial charge in [0, 0.05) is 31.7 Å². The van der Waals surface area contributed by atoms with Gasteiger partial charge in [0.15, 0.2) is 15.7 Å². The molecule has 0 bridgehead atoms. The molecule has 6 aromatic rings. The van der Waals surface area contributed by atoms with Crippen LogP contribution in [-0.4, -0.2) is 108 Å². The first kappa shape index (κ1) is 43.0. The number of aromatic nitrogens is 5. The summed E-state index contributed by atoms with van der Waals surface area (Å²) in [5.41, 5.74) is 13.4. The van der Waals surface area contributed by atoms with Gasteiger partial charge < -0.3 is 35.7 Å². The van der Waals surface area contributed by atoms with Crippen LogP contribution in [0.2, 0.25) is 0 Å². The maximum absolute atomic E-state index is 15.9. The van der Waals surface area contributed by atoms with Crippen LogP contribution < -0.4 is 25.7 Å². The van der Waals surface area contributed by atoms with Gasteiger partial charge in [0.25, 0.3) is 5.91 Å². The SMILES string of the molecule is COc1ccc(CN(Cc2ccc(OC)cc2)S(=O)(=O)c2c(S(=O)(=O)C3CN(C(=O)O)C3)ccc(-c3ccc(C(N)=O)nc3N)c2-c2nnnn2Cc2ccc(OC)cc2)cc1. The van der Waals surface area contributed by atoms with Crippen LogP contribution in [0, 0.1) is 0 Å². The first-order valence-electron chi connectivity index (χ1n) is 18.8. The Bertz CT molecular complexity index is 2800. The third-order valence-electron chi connectivity index (χ3n) is 10.3. The second-order valence-corrected chi connectivity index (χ2v) is 18.2. The maximum atomic E-state index is 15.9. The quantitative estimate of drug-likeness (QED) is 0.125. The number of pyridine rings is 1. The van der Waals surface area contributed by atoms with Crippen LogP contribution in [0.5, 0.6) is 17.2 Å². The predicted molar refractivity (Wildman–Crippen MR) is 225 cm³/mol. The molecule has 0 aliphatic carbocycles. The highest BCUT2D eigenvalue weighted by Gasteiger charge is 2.45. The standard InChI is InChI=1S/C41H41N9O10S2/c1-58-28-10-4-25(5-11-28)20-49(21-26-6-12-29(59-2)13-7-26)62(56,57)37-35(61(54,55)31-23-48(24-31)41(52)53)19-17-32(33-16-18-34(39(43)51)44-38(33)42)36(37)40-45-46-47-50(40)22-27-8-14-30(60-3)15-9-27/h4-19,31H,20-24H2,1-3H3,(H2,42,44)(H2,43,51)(H,52,53). The predicted octanol–water partition coefficient (Wildman–Crippen LogP) is 3.68. The van der Waals surface area contributed by atoms with Crippen LogP contribution >= 0.6 is 0 Å². The molecule has 1 aliphatic heterocycles. The topological polar surface area (TPSA) is 265 Å². The Labute approximate surface area is 356 Å². The number of nitrogens with zero attached hydrogens (tertiary/aromatic N) is 7. The van der Waals surface area contributed by atoms with Crippen molar-refractivity contribution in [2.45, 2.75) is 34.7 Å². The van der Waals surface area contributed by atoms with Crippen molar-refractivity contribution in [1.29, 1.82) is 0 Å². The molecule has 0 radical (unpaired) electrons. The number of rotatable bonds is 16. The summed E-state index contributed by atoms with van der Waals surface area (Å²) in [7, 11) is -5.14. The minimum absolute atomic E-state index is 0.0197. The lowest BCUT2D eigenvalue weighted by Gasteiger charge is -2.37. The van der Waals surface area contributed by atoms with Crippen molar-refractivity contribution in [3.63, 3.8) is 0 Å². The number of carboxylic acid groups (broad SMARTS) is 1. The zero-order chi connectivity index (χ0) is 44.3. The molecule has 7 rings (SSSR count). The number of hydrogen-bond donors (Lipinski definition) is 3. The van der Waals surface area contributed by atoms with E-state index >= 15 is 8.42 Å². The minimum atomic E-state index is -5.01. The molecule has 19 nitrogen and oxygen atoms in total. The molecular weight excluding hydrogens is 843 g/mol. The van der Waals surface area contributed by atoms with Gasteiger partial charge in [0.1, 0.15) is 38.9 Å². The van der Waals surface area contributed by atoms with Crippen LogP contribution in [0.15, 0.2) is 107 Å². The van der Waals surface area contributed by atoms with E-state index in [2.05, 4.69) is 20.5 Å². The lowest BCUT2D eigenvalue weighted by molar-refractivity contribution is 0.0995. The second-order valence-electron chi connectivity index (χ2n) is 14.1. The molecule has 0 saturated carbocycles. The van der Waals surface area contributed by atoms with E-state index in [9.17, 15) is 23.1 Å². The summed E-state index contributed by atoms with van der Waals surface area (Å²) in [4.78, 5) is 27.7. The van der Waals surface area contributed by atoms with Gasteiger partial charge in [-0.15, -0.1) is 5.10 Å². The molecule has 0 unspecified atom stereocenters. The summed E-state index contributed by atoms with van der Waals surface area (Å²) in [5.74, 6) is 0.345. The third kappa shape index (κ3) is 8.58. The number of anilines is 1. The number of nitrogens with two attached hydrogens (primary N) is 2. The van der Waals surface area contributed by atoms with Crippen LogP contribution in [0.4, 0.5) is 10.6 Å². The lowest BCUT2D eigenvalue weighted by atomic mass is 9.99. The van der Waals surface area contributed by atoms with Crippen molar-refractivity contribution < 1.29 is 45.7 Å². The van der Waals surface area contributed by atoms with Gasteiger partial charge >= 0.3 is 6.09 Å². The van der Waals surface area contributed by atoms with Gasteiger partial charge in [0.05, 0.1) is 38.3 Å². The van der Waals surface area contributed by atoms with E-state index in [1.54, 1.807) is 72.8 Å². The monoisotopic (exact) mass is 883 g/mol. The molecule has 1 saturated heterocycles. The summed E-state index contributed by atoms with van der Waals surface area (Å²) >= 11 is 0. The highest BCUT2D eigenvalue weighted by atomic mass is 32.2. The maximum Gasteiger partial charge on any atom is 0.407 e. The molecular formula is C41H41N9O10S2. The fraction of sp³-hybridized carbons (Fsp3) is 0.220. The number of carbonyl (C=O) groups is 2. The van der Waals surface area contributed by atoms with Gasteiger partial charge in [-0.05, 0) is 87.3 Å². The van der Waals surface area contributed by atoms with Crippen molar-refractivity contribution in [1.82, 2.24) is 34.4 Å². The smallest absolute Gasteiger partial charge is 0.407 e. The normalized spacial score (nSPS) is 13.1. The zero-order valence-corrected chi connectivity index (χ0v) is 35.2. The van der Waals surface area contributed by atoms with Crippen molar-refractivity contribution >= 4 is 37.7 Å². The first-order chi connectivity index (χ1) is 29.6. The first-order valence-corrected chi connectivity index (χ1v) is 21.7. The molecule has 21 heteroatoms. The molecule has 2 amide bonds. The lowest BCUT2D eigenvalue weighted by Crippen LogP contribution is -2.56. The fourth-order valence-corrected chi connectivity index (χ4v) is 11.0. The van der Waals surface area contributed by atoms with Crippen molar-refractivity contribution in [2.75, 3.05) is 40.2 Å². The number of tetrazole rings is 1. The summed E-state index contributed by atoms with van der Waals surface area (Å²) in [6.45, 7) is -1.35. The number of ether oxygens (including phenoxy) is 3. The van der Waals surface area contributed by atoms with E-state index in [1.165, 1.54) is 44.2 Å². The Balaban J connectivity index is 1.53. The Morgan fingerprint density at radius 3 is 1.76 bits per heavy atom. The average molecular weight is 884 g/mol. The van der Waals surface area contributed by atoms with Crippen LogP contribution in [0.1, 0.15) is 27.2 Å². The van der Waals surface area contributed by atoms with Crippen LogP contribution in [0.3, 0.4) is 0 Å². The molecule has 1 fully saturated rings. The van der Waals surface area contributed by atoms with Crippen molar-refractivity contribution in [2.24, 2.45) is 5.73 Å². The van der Waals surface area contributed by atoms with E-state index in [0.717, 1.165) is 15.3 Å². The summed E-state index contributed by atoms with van der Waals surface area (Å²) in [6.07, 6.45) is -1.33. The number of methoxy groups -OCH3 is 3. The largest absolute Gasteiger partial charge is 0.497 e. The number of nitrogen functional groups attached to an aromatic ring is 1. The van der Waals surface area contributed by atoms with Gasteiger partial charge in [-0.2, -0.15) is 4.31 Å². The number of benzene rings is 4.